The highest BCUT2D eigenvalue weighted by Crippen LogP contribution is 2.42. The number of rotatable bonds is 10. The maximum Gasteiger partial charge on any atom is 0.352 e. The summed E-state index contributed by atoms with van der Waals surface area (Å²) in [7, 11) is 1.25. The number of fused-ring (bicyclic) bond motifs is 1. The van der Waals surface area contributed by atoms with Gasteiger partial charge in [0.05, 0.1) is 7.11 Å². The number of nitrogens with one attached hydrogen (secondary N) is 1. The molecule has 1 aromatic heterocycles. The van der Waals surface area contributed by atoms with Crippen LogP contribution in [-0.2, 0) is 23.9 Å². The number of aromatic nitrogens is 2. The number of thioether (sulfide) groups is 2. The number of methoxy groups -OCH3 is 1. The van der Waals surface area contributed by atoms with Crippen LogP contribution in [0.2, 0.25) is 0 Å². The maximum atomic E-state index is 12.9. The van der Waals surface area contributed by atoms with Crippen molar-refractivity contribution in [1.29, 1.82) is 0 Å². The maximum absolute atomic E-state index is 12.9. The summed E-state index contributed by atoms with van der Waals surface area (Å²) in [5, 5.41) is 20.7. The summed E-state index contributed by atoms with van der Waals surface area (Å²) < 4.78 is 10.5. The summed E-state index contributed by atoms with van der Waals surface area (Å²) in [5.74, 6) is -1.65. The minimum absolute atomic E-state index is 0.0557. The van der Waals surface area contributed by atoms with Crippen LogP contribution in [0.5, 0.6) is 5.75 Å². The summed E-state index contributed by atoms with van der Waals surface area (Å²) >= 11 is 4.17. The number of amides is 2. The number of ether oxygens (including phenoxy) is 2. The minimum atomic E-state index is -1.20. The number of nitrogens with zero attached hydrogens (tertiary/aromatic N) is 3. The van der Waals surface area contributed by atoms with Crippen LogP contribution in [0.15, 0.2) is 39.9 Å². The van der Waals surface area contributed by atoms with Gasteiger partial charge < -0.3 is 25.6 Å². The number of esters is 1. The van der Waals surface area contributed by atoms with E-state index >= 15 is 0 Å². The molecule has 37 heavy (non-hydrogen) atoms. The van der Waals surface area contributed by atoms with Crippen molar-refractivity contribution in [2.45, 2.75) is 28.7 Å². The minimum Gasteiger partial charge on any atom is -0.482 e. The van der Waals surface area contributed by atoms with Gasteiger partial charge in [0.1, 0.15) is 33.9 Å². The lowest BCUT2D eigenvalue weighted by atomic mass is 10.0. The predicted molar refractivity (Wildman–Crippen MR) is 136 cm³/mol. The Hall–Kier alpha value is -3.14. The van der Waals surface area contributed by atoms with Crippen LogP contribution in [0.25, 0.3) is 0 Å². The molecule has 2 aliphatic rings. The molecule has 1 saturated heterocycles. The molecule has 2 aromatic rings. The van der Waals surface area contributed by atoms with E-state index in [-0.39, 0.29) is 12.3 Å². The molecular formula is C22H23N5O7S3. The molecule has 4 N–H and O–H groups in total. The van der Waals surface area contributed by atoms with Crippen molar-refractivity contribution in [3.8, 4) is 5.75 Å². The first-order valence-electron chi connectivity index (χ1n) is 10.9. The molecule has 0 spiro atoms. The van der Waals surface area contributed by atoms with Crippen LogP contribution >= 0.6 is 34.9 Å². The van der Waals surface area contributed by atoms with Gasteiger partial charge in [-0.3, -0.25) is 14.5 Å². The van der Waals surface area contributed by atoms with E-state index in [1.165, 1.54) is 46.9 Å². The molecule has 2 aliphatic heterocycles. The Kier molecular flexibility index (Phi) is 8.36. The zero-order valence-corrected chi connectivity index (χ0v) is 22.2. The van der Waals surface area contributed by atoms with Crippen molar-refractivity contribution in [3.63, 3.8) is 0 Å². The van der Waals surface area contributed by atoms with Gasteiger partial charge in [0.25, 0.3) is 5.91 Å². The van der Waals surface area contributed by atoms with Crippen molar-refractivity contribution >= 4 is 58.6 Å². The van der Waals surface area contributed by atoms with Gasteiger partial charge in [-0.25, -0.2) is 9.59 Å². The van der Waals surface area contributed by atoms with Crippen molar-refractivity contribution < 1.29 is 33.8 Å². The standard InChI is InChI=1S/C22H23N5O7S3/c1-10-25-26-22(37-10)36-9-12-8-35-20-16(19(30)27(20)17(12)21(31)32)24-18(29)15(23)11-3-5-13(6-4-11)34-7-14(28)33-2/h3-6,15-16,20H,7-9,23H2,1-2H3,(H,24,29)(H,31,32)/t15?,16?,20-/m0/s1. The number of β-lactam (4-membered cyclic amide) rings is 1. The first kappa shape index (κ1) is 26.9. The highest BCUT2D eigenvalue weighted by atomic mass is 32.2. The lowest BCUT2D eigenvalue weighted by molar-refractivity contribution is -0.150. The van der Waals surface area contributed by atoms with Gasteiger partial charge in [-0.05, 0) is 30.2 Å². The molecule has 1 aromatic carbocycles. The molecule has 3 atom stereocenters. The number of aryl methyl sites for hydroxylation is 1. The SMILES string of the molecule is COC(=O)COc1ccc(C(N)C(=O)NC2C(=O)N3C(C(=O)O)=C(CSc4nnc(C)s4)CS[C@@H]23)cc1. The van der Waals surface area contributed by atoms with E-state index in [1.807, 2.05) is 6.92 Å². The molecule has 2 unspecified atom stereocenters. The van der Waals surface area contributed by atoms with Crippen LogP contribution in [0.4, 0.5) is 0 Å². The van der Waals surface area contributed by atoms with Crippen molar-refractivity contribution in [2.24, 2.45) is 5.73 Å². The average molecular weight is 566 g/mol. The highest BCUT2D eigenvalue weighted by molar-refractivity contribution is 8.01. The number of carboxylic acid groups (broad SMARTS) is 1. The molecule has 1 fully saturated rings. The van der Waals surface area contributed by atoms with Crippen LogP contribution < -0.4 is 15.8 Å². The van der Waals surface area contributed by atoms with Crippen LogP contribution in [0.3, 0.4) is 0 Å². The molecule has 4 rings (SSSR count). The number of carbonyl (C=O) groups is 4. The molecule has 0 radical (unpaired) electrons. The second-order valence-electron chi connectivity index (χ2n) is 7.94. The Bertz CT molecular complexity index is 1250. The third kappa shape index (κ3) is 5.89. The van der Waals surface area contributed by atoms with Crippen molar-refractivity contribution in [1.82, 2.24) is 20.4 Å². The average Bonchev–Trinajstić information content (AvgIpc) is 3.32. The second kappa shape index (κ2) is 11.5. The summed E-state index contributed by atoms with van der Waals surface area (Å²) in [6, 6.07) is 4.32. The van der Waals surface area contributed by atoms with Crippen LogP contribution in [-0.4, -0.2) is 80.6 Å². The van der Waals surface area contributed by atoms with E-state index < -0.39 is 41.2 Å². The number of nitrogens with two attached hydrogens (primary N) is 1. The Labute approximate surface area is 224 Å². The molecule has 0 bridgehead atoms. The highest BCUT2D eigenvalue weighted by Gasteiger charge is 2.54. The van der Waals surface area contributed by atoms with E-state index in [1.54, 1.807) is 24.3 Å². The number of benzene rings is 1. The van der Waals surface area contributed by atoms with E-state index in [2.05, 4.69) is 20.3 Å². The van der Waals surface area contributed by atoms with E-state index in [0.29, 0.717) is 28.4 Å². The van der Waals surface area contributed by atoms with E-state index in [0.717, 1.165) is 9.35 Å². The molecule has 15 heteroatoms. The summed E-state index contributed by atoms with van der Waals surface area (Å²) in [4.78, 5) is 50.1. The third-order valence-corrected chi connectivity index (χ3v) is 8.93. The second-order valence-corrected chi connectivity index (χ2v) is 11.4. The number of hydrogen-bond donors (Lipinski definition) is 3. The van der Waals surface area contributed by atoms with Gasteiger partial charge in [0.2, 0.25) is 5.91 Å². The molecule has 3 heterocycles. The van der Waals surface area contributed by atoms with Gasteiger partial charge in [0.15, 0.2) is 10.9 Å². The predicted octanol–water partition coefficient (Wildman–Crippen LogP) is 0.929. The Morgan fingerprint density at radius 1 is 1.30 bits per heavy atom. The Balaban J connectivity index is 1.37. The monoisotopic (exact) mass is 565 g/mol. The number of carboxylic acids is 1. The zero-order chi connectivity index (χ0) is 26.7. The Morgan fingerprint density at radius 2 is 2.03 bits per heavy atom. The largest absolute Gasteiger partial charge is 0.482 e. The number of aliphatic carboxylic acids is 1. The summed E-state index contributed by atoms with van der Waals surface area (Å²) in [6.07, 6.45) is 0. The third-order valence-electron chi connectivity index (χ3n) is 5.53. The van der Waals surface area contributed by atoms with Crippen LogP contribution in [0.1, 0.15) is 16.6 Å². The molecule has 196 valence electrons. The van der Waals surface area contributed by atoms with Crippen molar-refractivity contribution in [2.75, 3.05) is 25.2 Å². The molecule has 0 saturated carbocycles. The van der Waals surface area contributed by atoms with Gasteiger partial charge in [-0.2, -0.15) is 0 Å². The fourth-order valence-electron chi connectivity index (χ4n) is 3.65. The topological polar surface area (TPSA) is 174 Å². The molecule has 12 nitrogen and oxygen atoms in total. The van der Waals surface area contributed by atoms with Gasteiger partial charge >= 0.3 is 11.9 Å². The first-order valence-corrected chi connectivity index (χ1v) is 13.7. The molecular weight excluding hydrogens is 542 g/mol. The van der Waals surface area contributed by atoms with Crippen LogP contribution in [0, 0.1) is 6.92 Å². The van der Waals surface area contributed by atoms with E-state index in [9.17, 15) is 24.3 Å². The zero-order valence-electron chi connectivity index (χ0n) is 19.7. The summed E-state index contributed by atoms with van der Waals surface area (Å²) in [5.41, 5.74) is 7.12. The lowest BCUT2D eigenvalue weighted by Gasteiger charge is -2.49. The van der Waals surface area contributed by atoms with Gasteiger partial charge in [0, 0.05) is 11.5 Å². The summed E-state index contributed by atoms with van der Waals surface area (Å²) in [6.45, 7) is 1.58. The number of hydrogen-bond acceptors (Lipinski definition) is 12. The lowest BCUT2D eigenvalue weighted by Crippen LogP contribution is -2.71. The smallest absolute Gasteiger partial charge is 0.352 e. The molecule has 2 amide bonds. The molecule has 0 aliphatic carbocycles. The van der Waals surface area contributed by atoms with Crippen molar-refractivity contribution in [3.05, 3.63) is 46.1 Å². The fourth-order valence-corrected chi connectivity index (χ4v) is 6.95. The normalized spacial score (nSPS) is 19.5. The quantitative estimate of drug-likeness (QED) is 0.211. The fraction of sp³-hybridized carbons (Fsp3) is 0.364. The van der Waals surface area contributed by atoms with E-state index in [4.69, 9.17) is 10.5 Å². The first-order chi connectivity index (χ1) is 17.7. The van der Waals surface area contributed by atoms with Gasteiger partial charge in [-0.15, -0.1) is 22.0 Å². The number of carbonyl (C=O) groups excluding carboxylic acids is 3. The van der Waals surface area contributed by atoms with Gasteiger partial charge in [-0.1, -0.05) is 35.2 Å². The Morgan fingerprint density at radius 3 is 2.65 bits per heavy atom.